The molecule has 1 aromatic rings. The van der Waals surface area contributed by atoms with Crippen LogP contribution in [0.2, 0.25) is 0 Å². The average molecular weight is 349 g/mol. The van der Waals surface area contributed by atoms with Gasteiger partial charge in [-0.3, -0.25) is 9.59 Å². The molecule has 0 aliphatic rings. The van der Waals surface area contributed by atoms with E-state index in [9.17, 15) is 9.59 Å². The van der Waals surface area contributed by atoms with E-state index in [1.807, 2.05) is 29.5 Å². The Morgan fingerprint density at radius 2 is 2.18 bits per heavy atom. The van der Waals surface area contributed by atoms with Crippen molar-refractivity contribution >= 4 is 34.8 Å². The summed E-state index contributed by atoms with van der Waals surface area (Å²) in [5.74, 6) is 0.294. The molecule has 1 rings (SSSR count). The van der Waals surface area contributed by atoms with Crippen molar-refractivity contribution in [2.45, 2.75) is 6.92 Å². The van der Waals surface area contributed by atoms with E-state index in [-0.39, 0.29) is 6.61 Å². The number of amides is 1. The summed E-state index contributed by atoms with van der Waals surface area (Å²) in [6, 6.07) is 3.21. The minimum absolute atomic E-state index is 0.226. The zero-order valence-corrected chi connectivity index (χ0v) is 11.4. The van der Waals surface area contributed by atoms with Crippen LogP contribution in [0.1, 0.15) is 17.3 Å². The van der Waals surface area contributed by atoms with Crippen LogP contribution in [0.3, 0.4) is 0 Å². The molecule has 0 heterocycles. The highest BCUT2D eigenvalue weighted by Gasteiger charge is 2.12. The lowest BCUT2D eigenvalue weighted by atomic mass is 10.2. The van der Waals surface area contributed by atoms with Crippen LogP contribution in [0.15, 0.2) is 12.1 Å². The minimum atomic E-state index is -0.567. The number of hydrogen-bond acceptors (Lipinski definition) is 4. The van der Waals surface area contributed by atoms with Crippen molar-refractivity contribution in [3.05, 3.63) is 21.3 Å². The molecule has 0 saturated heterocycles. The molecule has 0 aliphatic carbocycles. The van der Waals surface area contributed by atoms with Gasteiger partial charge in [0.1, 0.15) is 6.29 Å². The topological polar surface area (TPSA) is 78.6 Å². The molecular weight excluding hydrogens is 337 g/mol. The summed E-state index contributed by atoms with van der Waals surface area (Å²) < 4.78 is 11.3. The van der Waals surface area contributed by atoms with Gasteiger partial charge in [0, 0.05) is 5.56 Å². The van der Waals surface area contributed by atoms with Crippen molar-refractivity contribution in [1.29, 1.82) is 0 Å². The van der Waals surface area contributed by atoms with Crippen LogP contribution in [0.4, 0.5) is 0 Å². The van der Waals surface area contributed by atoms with Crippen molar-refractivity contribution in [3.63, 3.8) is 0 Å². The number of carbonyl (C=O) groups excluding carboxylic acids is 2. The molecule has 0 radical (unpaired) electrons. The zero-order valence-electron chi connectivity index (χ0n) is 9.23. The van der Waals surface area contributed by atoms with Crippen LogP contribution < -0.4 is 15.2 Å². The fourth-order valence-corrected chi connectivity index (χ4v) is 1.98. The molecular formula is C11H12INO4. The molecule has 1 amide bonds. The van der Waals surface area contributed by atoms with E-state index in [0.29, 0.717) is 27.2 Å². The van der Waals surface area contributed by atoms with Crippen LogP contribution in [0.5, 0.6) is 11.5 Å². The highest BCUT2D eigenvalue weighted by Crippen LogP contribution is 2.33. The van der Waals surface area contributed by atoms with Crippen LogP contribution >= 0.6 is 22.6 Å². The first-order chi connectivity index (χ1) is 8.08. The van der Waals surface area contributed by atoms with E-state index in [1.165, 1.54) is 0 Å². The number of halogens is 1. The number of carbonyl (C=O) groups is 2. The molecule has 5 nitrogen and oxygen atoms in total. The third-order valence-corrected chi connectivity index (χ3v) is 2.63. The van der Waals surface area contributed by atoms with Crippen molar-refractivity contribution in [1.82, 2.24) is 0 Å². The normalized spacial score (nSPS) is 9.76. The van der Waals surface area contributed by atoms with Gasteiger partial charge in [0.25, 0.3) is 5.91 Å². The van der Waals surface area contributed by atoms with Gasteiger partial charge in [-0.05, 0) is 41.6 Å². The first-order valence-corrected chi connectivity index (χ1v) is 5.99. The molecule has 0 saturated carbocycles. The molecule has 1 aromatic carbocycles. The number of benzene rings is 1. The lowest BCUT2D eigenvalue weighted by Crippen LogP contribution is -2.20. The summed E-state index contributed by atoms with van der Waals surface area (Å²) in [6.45, 7) is 2.03. The number of rotatable bonds is 6. The van der Waals surface area contributed by atoms with Gasteiger partial charge in [-0.25, -0.2) is 0 Å². The summed E-state index contributed by atoms with van der Waals surface area (Å²) >= 11 is 2.01. The van der Waals surface area contributed by atoms with Gasteiger partial charge < -0.3 is 15.2 Å². The van der Waals surface area contributed by atoms with E-state index in [0.717, 1.165) is 6.29 Å². The van der Waals surface area contributed by atoms with Gasteiger partial charge in [0.2, 0.25) is 0 Å². The molecule has 92 valence electrons. The molecule has 17 heavy (non-hydrogen) atoms. The SMILES string of the molecule is CCOc1cc(C=O)cc(I)c1OCC(N)=O. The number of aldehydes is 1. The highest BCUT2D eigenvalue weighted by molar-refractivity contribution is 14.1. The van der Waals surface area contributed by atoms with E-state index in [2.05, 4.69) is 0 Å². The quantitative estimate of drug-likeness (QED) is 0.622. The zero-order chi connectivity index (χ0) is 12.8. The molecule has 6 heteroatoms. The maximum absolute atomic E-state index is 10.7. The Labute approximate surface area is 112 Å². The van der Waals surface area contributed by atoms with E-state index in [4.69, 9.17) is 15.2 Å². The molecule has 0 unspecified atom stereocenters. The van der Waals surface area contributed by atoms with Crippen molar-refractivity contribution in [2.75, 3.05) is 13.2 Å². The monoisotopic (exact) mass is 349 g/mol. The predicted molar refractivity (Wildman–Crippen MR) is 70.4 cm³/mol. The molecule has 0 bridgehead atoms. The second kappa shape index (κ2) is 6.43. The molecule has 0 aliphatic heterocycles. The standard InChI is InChI=1S/C11H12INO4/c1-2-16-9-4-7(5-14)3-8(12)11(9)17-6-10(13)15/h3-5H,2,6H2,1H3,(H2,13,15). The summed E-state index contributed by atoms with van der Waals surface area (Å²) in [5, 5.41) is 0. The maximum atomic E-state index is 10.7. The fraction of sp³-hybridized carbons (Fsp3) is 0.273. The Bertz CT molecular complexity index is 434. The first-order valence-electron chi connectivity index (χ1n) is 4.91. The van der Waals surface area contributed by atoms with Gasteiger partial charge in [0.05, 0.1) is 10.2 Å². The molecule has 0 fully saturated rings. The highest BCUT2D eigenvalue weighted by atomic mass is 127. The first kappa shape index (κ1) is 13.8. The Morgan fingerprint density at radius 1 is 1.47 bits per heavy atom. The molecule has 0 spiro atoms. The van der Waals surface area contributed by atoms with Crippen LogP contribution in [-0.2, 0) is 4.79 Å². The Balaban J connectivity index is 3.06. The average Bonchev–Trinajstić information content (AvgIpc) is 2.27. The smallest absolute Gasteiger partial charge is 0.255 e. The van der Waals surface area contributed by atoms with Crippen LogP contribution in [0, 0.1) is 3.57 Å². The second-order valence-corrected chi connectivity index (χ2v) is 4.30. The number of ether oxygens (including phenoxy) is 2. The molecule has 0 atom stereocenters. The summed E-state index contributed by atoms with van der Waals surface area (Å²) in [4.78, 5) is 21.4. The lowest BCUT2D eigenvalue weighted by Gasteiger charge is -2.13. The van der Waals surface area contributed by atoms with E-state index >= 15 is 0 Å². The van der Waals surface area contributed by atoms with Gasteiger partial charge in [-0.1, -0.05) is 0 Å². The lowest BCUT2D eigenvalue weighted by molar-refractivity contribution is -0.119. The Morgan fingerprint density at radius 3 is 2.71 bits per heavy atom. The van der Waals surface area contributed by atoms with E-state index in [1.54, 1.807) is 12.1 Å². The Hall–Kier alpha value is -1.31. The number of hydrogen-bond donors (Lipinski definition) is 1. The fourth-order valence-electron chi connectivity index (χ4n) is 1.20. The third kappa shape index (κ3) is 3.88. The van der Waals surface area contributed by atoms with Crippen molar-refractivity contribution in [3.8, 4) is 11.5 Å². The van der Waals surface area contributed by atoms with Crippen molar-refractivity contribution in [2.24, 2.45) is 5.73 Å². The summed E-state index contributed by atoms with van der Waals surface area (Å²) in [5.41, 5.74) is 5.50. The van der Waals surface area contributed by atoms with Crippen molar-refractivity contribution < 1.29 is 19.1 Å². The van der Waals surface area contributed by atoms with Gasteiger partial charge in [-0.15, -0.1) is 0 Å². The van der Waals surface area contributed by atoms with Gasteiger partial charge in [-0.2, -0.15) is 0 Å². The van der Waals surface area contributed by atoms with Crippen LogP contribution in [-0.4, -0.2) is 25.4 Å². The Kier molecular flexibility index (Phi) is 5.20. The van der Waals surface area contributed by atoms with Gasteiger partial charge in [0.15, 0.2) is 18.1 Å². The maximum Gasteiger partial charge on any atom is 0.255 e. The predicted octanol–water partition coefficient (Wildman–Crippen LogP) is 1.37. The molecule has 2 N–H and O–H groups in total. The third-order valence-electron chi connectivity index (χ3n) is 1.83. The summed E-state index contributed by atoms with van der Waals surface area (Å²) in [7, 11) is 0. The number of primary amides is 1. The largest absolute Gasteiger partial charge is 0.490 e. The summed E-state index contributed by atoms with van der Waals surface area (Å²) in [6.07, 6.45) is 0.725. The van der Waals surface area contributed by atoms with E-state index < -0.39 is 5.91 Å². The van der Waals surface area contributed by atoms with Gasteiger partial charge >= 0.3 is 0 Å². The molecule has 0 aromatic heterocycles. The number of nitrogens with two attached hydrogens (primary N) is 1. The minimum Gasteiger partial charge on any atom is -0.490 e. The second-order valence-electron chi connectivity index (χ2n) is 3.14. The van der Waals surface area contributed by atoms with Crippen LogP contribution in [0.25, 0.3) is 0 Å².